The zero-order valence-corrected chi connectivity index (χ0v) is 21.4. The molecule has 9 atom stereocenters. The summed E-state index contributed by atoms with van der Waals surface area (Å²) >= 11 is 0. The van der Waals surface area contributed by atoms with Crippen LogP contribution < -0.4 is 0 Å². The third kappa shape index (κ3) is 4.35. The van der Waals surface area contributed by atoms with Crippen molar-refractivity contribution in [3.63, 3.8) is 0 Å². The van der Waals surface area contributed by atoms with Crippen molar-refractivity contribution in [1.82, 2.24) is 0 Å². The Kier molecular flexibility index (Phi) is 6.87. The Balaban J connectivity index is 1.43. The first-order chi connectivity index (χ1) is 14.6. The number of hydrogen-bond acceptors (Lipinski definition) is 2. The van der Waals surface area contributed by atoms with Crippen LogP contribution in [0.25, 0.3) is 0 Å². The molecule has 4 rings (SSSR count). The highest BCUT2D eigenvalue weighted by atomic mass is 16.5. The Hall–Kier alpha value is -0.530. The lowest BCUT2D eigenvalue weighted by molar-refractivity contribution is -0.160. The molecule has 2 heteroatoms. The molecule has 0 radical (unpaired) electrons. The second kappa shape index (κ2) is 9.02. The summed E-state index contributed by atoms with van der Waals surface area (Å²) in [7, 11) is 0. The minimum atomic E-state index is -0.0877. The first-order valence-electron chi connectivity index (χ1n) is 13.8. The van der Waals surface area contributed by atoms with Crippen LogP contribution in [-0.2, 0) is 9.53 Å². The zero-order valence-electron chi connectivity index (χ0n) is 21.4. The number of rotatable bonds is 6. The zero-order chi connectivity index (χ0) is 22.4. The van der Waals surface area contributed by atoms with Crippen molar-refractivity contribution in [3.8, 4) is 0 Å². The van der Waals surface area contributed by atoms with Gasteiger partial charge in [-0.1, -0.05) is 53.9 Å². The van der Waals surface area contributed by atoms with E-state index in [1.807, 2.05) is 0 Å². The van der Waals surface area contributed by atoms with E-state index in [1.165, 1.54) is 64.2 Å². The average molecular weight is 431 g/mol. The van der Waals surface area contributed by atoms with Crippen molar-refractivity contribution < 1.29 is 9.53 Å². The topological polar surface area (TPSA) is 26.3 Å². The van der Waals surface area contributed by atoms with E-state index >= 15 is 0 Å². The van der Waals surface area contributed by atoms with Crippen molar-refractivity contribution in [2.24, 2.45) is 52.3 Å². The molecule has 4 aliphatic carbocycles. The summed E-state index contributed by atoms with van der Waals surface area (Å²) in [5, 5.41) is 0. The normalized spacial score (nSPS) is 45.5. The Morgan fingerprint density at radius 2 is 1.61 bits per heavy atom. The van der Waals surface area contributed by atoms with Crippen LogP contribution in [0.2, 0.25) is 0 Å². The Morgan fingerprint density at radius 3 is 2.32 bits per heavy atom. The Labute approximate surface area is 192 Å². The van der Waals surface area contributed by atoms with E-state index in [2.05, 4.69) is 34.6 Å². The number of fused-ring (bicyclic) bond motifs is 5. The molecule has 0 aliphatic heterocycles. The van der Waals surface area contributed by atoms with Gasteiger partial charge >= 0.3 is 5.97 Å². The van der Waals surface area contributed by atoms with E-state index in [-0.39, 0.29) is 12.1 Å². The summed E-state index contributed by atoms with van der Waals surface area (Å²) in [6.45, 7) is 14.2. The molecule has 0 heterocycles. The minimum absolute atomic E-state index is 0.0877. The van der Waals surface area contributed by atoms with E-state index in [0.29, 0.717) is 10.8 Å². The van der Waals surface area contributed by atoms with Crippen molar-refractivity contribution >= 4 is 5.97 Å². The van der Waals surface area contributed by atoms with Gasteiger partial charge in [0.15, 0.2) is 0 Å². The molecule has 0 aromatic carbocycles. The van der Waals surface area contributed by atoms with Gasteiger partial charge in [-0.05, 0) is 110 Å². The summed E-state index contributed by atoms with van der Waals surface area (Å²) in [6, 6.07) is 0. The van der Waals surface area contributed by atoms with Gasteiger partial charge in [-0.25, -0.2) is 0 Å². The smallest absolute Gasteiger partial charge is 0.302 e. The molecule has 0 N–H and O–H groups in total. The first-order valence-corrected chi connectivity index (χ1v) is 13.8. The van der Waals surface area contributed by atoms with Crippen LogP contribution in [0, 0.1) is 52.3 Å². The van der Waals surface area contributed by atoms with Gasteiger partial charge in [0.1, 0.15) is 6.10 Å². The fourth-order valence-corrected chi connectivity index (χ4v) is 9.59. The molecule has 0 aromatic heterocycles. The van der Waals surface area contributed by atoms with Crippen LogP contribution in [0.15, 0.2) is 0 Å². The number of carbonyl (C=O) groups is 1. The lowest BCUT2D eigenvalue weighted by Gasteiger charge is -2.61. The molecule has 4 saturated carbocycles. The van der Waals surface area contributed by atoms with E-state index in [0.717, 1.165) is 54.3 Å². The molecule has 178 valence electrons. The highest BCUT2D eigenvalue weighted by Gasteiger charge is 2.60. The average Bonchev–Trinajstić information content (AvgIpc) is 3.05. The quantitative estimate of drug-likeness (QED) is 0.398. The molecule has 0 amide bonds. The predicted molar refractivity (Wildman–Crippen MR) is 129 cm³/mol. The number of esters is 1. The highest BCUT2D eigenvalue weighted by Crippen LogP contribution is 2.68. The standard InChI is InChI=1S/C29H50O2/c1-19(2)8-7-9-20(3)25-12-13-26-24-11-10-22-18-23(31-21(4)30)14-16-28(22,5)27(24)15-17-29(25,26)6/h19-20,22-27H,7-18H2,1-6H3/t20-,22?,23+,24?,25?,26?,27?,28+,29-/m1/s1. The van der Waals surface area contributed by atoms with Crippen LogP contribution >= 0.6 is 0 Å². The van der Waals surface area contributed by atoms with Crippen LogP contribution in [0.5, 0.6) is 0 Å². The molecule has 2 nitrogen and oxygen atoms in total. The van der Waals surface area contributed by atoms with Crippen molar-refractivity contribution in [1.29, 1.82) is 0 Å². The van der Waals surface area contributed by atoms with Gasteiger partial charge in [0.05, 0.1) is 0 Å². The van der Waals surface area contributed by atoms with Crippen molar-refractivity contribution in [2.75, 3.05) is 0 Å². The van der Waals surface area contributed by atoms with Gasteiger partial charge in [-0.2, -0.15) is 0 Å². The Bertz CT molecular complexity index is 641. The molecule has 0 spiro atoms. The summed E-state index contributed by atoms with van der Waals surface area (Å²) in [4.78, 5) is 11.5. The molecule has 0 aromatic rings. The maximum absolute atomic E-state index is 11.5. The maximum atomic E-state index is 11.5. The lowest BCUT2D eigenvalue weighted by atomic mass is 9.44. The first kappa shape index (κ1) is 23.6. The molecule has 0 saturated heterocycles. The van der Waals surface area contributed by atoms with Crippen LogP contribution in [0.3, 0.4) is 0 Å². The summed E-state index contributed by atoms with van der Waals surface area (Å²) in [5.74, 6) is 6.22. The SMILES string of the molecule is CC(=O)O[C@H]1CC[C@@]2(C)C(CCC3C2CC[C@@]2(C)C3CCC2[C@H](C)CCCC(C)C)C1. The molecule has 4 aliphatic rings. The monoisotopic (exact) mass is 430 g/mol. The van der Waals surface area contributed by atoms with Gasteiger partial charge in [-0.15, -0.1) is 0 Å². The largest absolute Gasteiger partial charge is 0.463 e. The fraction of sp³-hybridized carbons (Fsp3) is 0.966. The Morgan fingerprint density at radius 1 is 0.903 bits per heavy atom. The van der Waals surface area contributed by atoms with Gasteiger partial charge < -0.3 is 4.74 Å². The minimum Gasteiger partial charge on any atom is -0.463 e. The lowest BCUT2D eigenvalue weighted by Crippen LogP contribution is -2.54. The molecule has 4 fully saturated rings. The van der Waals surface area contributed by atoms with Gasteiger partial charge in [-0.3, -0.25) is 4.79 Å². The summed E-state index contributed by atoms with van der Waals surface area (Å²) in [6.07, 6.45) is 16.6. The molecule has 5 unspecified atom stereocenters. The van der Waals surface area contributed by atoms with Crippen molar-refractivity contribution in [2.45, 2.75) is 125 Å². The molecular weight excluding hydrogens is 380 g/mol. The maximum Gasteiger partial charge on any atom is 0.302 e. The molecular formula is C29H50O2. The predicted octanol–water partition coefficient (Wildman–Crippen LogP) is 8.04. The third-order valence-electron chi connectivity index (χ3n) is 11.2. The molecule has 0 bridgehead atoms. The van der Waals surface area contributed by atoms with Gasteiger partial charge in [0.2, 0.25) is 0 Å². The van der Waals surface area contributed by atoms with E-state index in [9.17, 15) is 4.79 Å². The van der Waals surface area contributed by atoms with E-state index in [1.54, 1.807) is 6.92 Å². The van der Waals surface area contributed by atoms with E-state index in [4.69, 9.17) is 4.74 Å². The highest BCUT2D eigenvalue weighted by molar-refractivity contribution is 5.66. The molecule has 31 heavy (non-hydrogen) atoms. The van der Waals surface area contributed by atoms with E-state index < -0.39 is 0 Å². The van der Waals surface area contributed by atoms with Gasteiger partial charge in [0.25, 0.3) is 0 Å². The number of carbonyl (C=O) groups excluding carboxylic acids is 1. The van der Waals surface area contributed by atoms with Gasteiger partial charge in [0, 0.05) is 6.92 Å². The number of ether oxygens (including phenoxy) is 1. The summed E-state index contributed by atoms with van der Waals surface area (Å²) in [5.41, 5.74) is 1.08. The van der Waals surface area contributed by atoms with Crippen LogP contribution in [-0.4, -0.2) is 12.1 Å². The summed E-state index contributed by atoms with van der Waals surface area (Å²) < 4.78 is 5.65. The van der Waals surface area contributed by atoms with Crippen molar-refractivity contribution in [3.05, 3.63) is 0 Å². The van der Waals surface area contributed by atoms with Crippen LogP contribution in [0.1, 0.15) is 119 Å². The van der Waals surface area contributed by atoms with Crippen LogP contribution in [0.4, 0.5) is 0 Å². The third-order valence-corrected chi connectivity index (χ3v) is 11.2. The second-order valence-electron chi connectivity index (χ2n) is 13.2. The second-order valence-corrected chi connectivity index (χ2v) is 13.2. The number of hydrogen-bond donors (Lipinski definition) is 0. The fourth-order valence-electron chi connectivity index (χ4n) is 9.59.